The largest absolute Gasteiger partial charge is 0.392 e. The van der Waals surface area contributed by atoms with Crippen molar-refractivity contribution < 1.29 is 9.84 Å². The SMILES string of the molecule is COCCCc1nn(C)cc1CO. The van der Waals surface area contributed by atoms with Gasteiger partial charge in [0.1, 0.15) is 0 Å². The molecule has 1 aromatic rings. The molecule has 0 fully saturated rings. The Morgan fingerprint density at radius 3 is 3.00 bits per heavy atom. The number of aryl methyl sites for hydroxylation is 2. The van der Waals surface area contributed by atoms with Crippen LogP contribution in [0.4, 0.5) is 0 Å². The molecule has 1 N–H and O–H groups in total. The van der Waals surface area contributed by atoms with E-state index in [1.807, 2.05) is 13.2 Å². The number of aliphatic hydroxyl groups is 1. The molecule has 1 rings (SSSR count). The van der Waals surface area contributed by atoms with Gasteiger partial charge in [-0.1, -0.05) is 0 Å². The molecule has 1 heterocycles. The van der Waals surface area contributed by atoms with Gasteiger partial charge in [-0.15, -0.1) is 0 Å². The van der Waals surface area contributed by atoms with Crippen molar-refractivity contribution in [1.29, 1.82) is 0 Å². The third-order valence-electron chi connectivity index (χ3n) is 1.92. The van der Waals surface area contributed by atoms with Crippen molar-refractivity contribution in [2.45, 2.75) is 19.4 Å². The molecule has 0 bridgehead atoms. The van der Waals surface area contributed by atoms with Crippen molar-refractivity contribution in [1.82, 2.24) is 9.78 Å². The third-order valence-corrected chi connectivity index (χ3v) is 1.92. The molecular weight excluding hydrogens is 168 g/mol. The second-order valence-electron chi connectivity index (χ2n) is 3.03. The summed E-state index contributed by atoms with van der Waals surface area (Å²) in [6.07, 6.45) is 3.66. The van der Waals surface area contributed by atoms with Crippen LogP contribution in [0.3, 0.4) is 0 Å². The lowest BCUT2D eigenvalue weighted by molar-refractivity contribution is 0.194. The molecule has 13 heavy (non-hydrogen) atoms. The van der Waals surface area contributed by atoms with Crippen molar-refractivity contribution in [3.8, 4) is 0 Å². The van der Waals surface area contributed by atoms with Gasteiger partial charge in [-0.3, -0.25) is 4.68 Å². The Balaban J connectivity index is 2.53. The van der Waals surface area contributed by atoms with E-state index in [0.29, 0.717) is 0 Å². The number of hydrogen-bond acceptors (Lipinski definition) is 3. The Kier molecular flexibility index (Phi) is 3.92. The monoisotopic (exact) mass is 184 g/mol. The Bertz CT molecular complexity index is 258. The molecule has 0 aliphatic heterocycles. The van der Waals surface area contributed by atoms with E-state index in [9.17, 15) is 0 Å². The van der Waals surface area contributed by atoms with Gasteiger partial charge in [0.25, 0.3) is 0 Å². The molecule has 0 saturated heterocycles. The van der Waals surface area contributed by atoms with Gasteiger partial charge in [-0.25, -0.2) is 0 Å². The second kappa shape index (κ2) is 4.99. The van der Waals surface area contributed by atoms with Crippen LogP contribution in [0.1, 0.15) is 17.7 Å². The highest BCUT2D eigenvalue weighted by Crippen LogP contribution is 2.08. The van der Waals surface area contributed by atoms with E-state index in [0.717, 1.165) is 30.7 Å². The Labute approximate surface area is 78.1 Å². The fourth-order valence-electron chi connectivity index (χ4n) is 1.31. The van der Waals surface area contributed by atoms with Crippen LogP contribution in [0.2, 0.25) is 0 Å². The minimum absolute atomic E-state index is 0.0656. The summed E-state index contributed by atoms with van der Waals surface area (Å²) in [6.45, 7) is 0.803. The highest BCUT2D eigenvalue weighted by molar-refractivity contribution is 5.15. The lowest BCUT2D eigenvalue weighted by Gasteiger charge is -1.98. The van der Waals surface area contributed by atoms with Crippen molar-refractivity contribution in [3.63, 3.8) is 0 Å². The summed E-state index contributed by atoms with van der Waals surface area (Å²) in [5, 5.41) is 13.3. The summed E-state index contributed by atoms with van der Waals surface area (Å²) in [6, 6.07) is 0. The van der Waals surface area contributed by atoms with E-state index in [1.54, 1.807) is 11.8 Å². The van der Waals surface area contributed by atoms with Crippen LogP contribution >= 0.6 is 0 Å². The number of ether oxygens (including phenoxy) is 1. The predicted molar refractivity (Wildman–Crippen MR) is 49.3 cm³/mol. The minimum Gasteiger partial charge on any atom is -0.392 e. The van der Waals surface area contributed by atoms with Crippen LogP contribution in [0.25, 0.3) is 0 Å². The maximum absolute atomic E-state index is 9.00. The standard InChI is InChI=1S/C9H16N2O2/c1-11-6-8(7-12)9(10-11)4-3-5-13-2/h6,12H,3-5,7H2,1-2H3. The molecule has 1 aromatic heterocycles. The van der Waals surface area contributed by atoms with Crippen LogP contribution in [-0.4, -0.2) is 28.6 Å². The summed E-state index contributed by atoms with van der Waals surface area (Å²) >= 11 is 0. The van der Waals surface area contributed by atoms with Gasteiger partial charge >= 0.3 is 0 Å². The number of rotatable bonds is 5. The highest BCUT2D eigenvalue weighted by Gasteiger charge is 2.05. The smallest absolute Gasteiger partial charge is 0.0715 e. The molecule has 0 saturated carbocycles. The number of hydrogen-bond donors (Lipinski definition) is 1. The molecule has 0 spiro atoms. The predicted octanol–water partition coefficient (Wildman–Crippen LogP) is 0.491. The maximum Gasteiger partial charge on any atom is 0.0715 e. The average molecular weight is 184 g/mol. The second-order valence-corrected chi connectivity index (χ2v) is 3.03. The summed E-state index contributed by atoms with van der Waals surface area (Å²) in [7, 11) is 3.55. The van der Waals surface area contributed by atoms with Gasteiger partial charge in [-0.2, -0.15) is 5.10 Å². The van der Waals surface area contributed by atoms with E-state index in [-0.39, 0.29) is 6.61 Å². The number of methoxy groups -OCH3 is 1. The van der Waals surface area contributed by atoms with Gasteiger partial charge in [-0.05, 0) is 12.8 Å². The van der Waals surface area contributed by atoms with E-state index >= 15 is 0 Å². The zero-order valence-electron chi connectivity index (χ0n) is 8.16. The minimum atomic E-state index is 0.0656. The molecule has 0 aliphatic rings. The van der Waals surface area contributed by atoms with E-state index in [4.69, 9.17) is 9.84 Å². The fourth-order valence-corrected chi connectivity index (χ4v) is 1.31. The fraction of sp³-hybridized carbons (Fsp3) is 0.667. The summed E-state index contributed by atoms with van der Waals surface area (Å²) in [5.74, 6) is 0. The molecule has 0 radical (unpaired) electrons. The van der Waals surface area contributed by atoms with Gasteiger partial charge in [0.15, 0.2) is 0 Å². The zero-order chi connectivity index (χ0) is 9.68. The van der Waals surface area contributed by atoms with Crippen molar-refractivity contribution in [3.05, 3.63) is 17.5 Å². The molecular formula is C9H16N2O2. The Morgan fingerprint density at radius 1 is 1.62 bits per heavy atom. The van der Waals surface area contributed by atoms with Gasteiger partial charge in [0, 0.05) is 32.5 Å². The average Bonchev–Trinajstić information content (AvgIpc) is 2.47. The van der Waals surface area contributed by atoms with Crippen LogP contribution in [0.15, 0.2) is 6.20 Å². The summed E-state index contributed by atoms with van der Waals surface area (Å²) in [5.41, 5.74) is 1.89. The van der Waals surface area contributed by atoms with Gasteiger partial charge in [0.2, 0.25) is 0 Å². The highest BCUT2D eigenvalue weighted by atomic mass is 16.5. The van der Waals surface area contributed by atoms with Gasteiger partial charge in [0.05, 0.1) is 12.3 Å². The van der Waals surface area contributed by atoms with Crippen LogP contribution < -0.4 is 0 Å². The number of nitrogens with zero attached hydrogens (tertiary/aromatic N) is 2. The molecule has 0 unspecified atom stereocenters. The third kappa shape index (κ3) is 2.82. The van der Waals surface area contributed by atoms with Crippen LogP contribution in [0.5, 0.6) is 0 Å². The molecule has 4 nitrogen and oxygen atoms in total. The van der Waals surface area contributed by atoms with E-state index in [2.05, 4.69) is 5.10 Å². The van der Waals surface area contributed by atoms with Crippen molar-refractivity contribution in [2.75, 3.05) is 13.7 Å². The lowest BCUT2D eigenvalue weighted by atomic mass is 10.2. The first-order chi connectivity index (χ1) is 6.27. The first kappa shape index (κ1) is 10.2. The Morgan fingerprint density at radius 2 is 2.38 bits per heavy atom. The zero-order valence-corrected chi connectivity index (χ0v) is 8.16. The molecule has 0 aromatic carbocycles. The number of aliphatic hydroxyl groups excluding tert-OH is 1. The van der Waals surface area contributed by atoms with Crippen molar-refractivity contribution >= 4 is 0 Å². The van der Waals surface area contributed by atoms with Crippen LogP contribution in [-0.2, 0) is 24.8 Å². The molecule has 0 amide bonds. The van der Waals surface area contributed by atoms with E-state index in [1.165, 1.54) is 0 Å². The first-order valence-electron chi connectivity index (χ1n) is 4.39. The quantitative estimate of drug-likeness (QED) is 0.677. The molecule has 0 atom stereocenters. The summed E-state index contributed by atoms with van der Waals surface area (Å²) < 4.78 is 6.68. The molecule has 74 valence electrons. The molecule has 4 heteroatoms. The van der Waals surface area contributed by atoms with Crippen LogP contribution in [0, 0.1) is 0 Å². The maximum atomic E-state index is 9.00. The summed E-state index contributed by atoms with van der Waals surface area (Å²) in [4.78, 5) is 0. The van der Waals surface area contributed by atoms with Crippen molar-refractivity contribution in [2.24, 2.45) is 7.05 Å². The normalized spacial score (nSPS) is 10.7. The molecule has 0 aliphatic carbocycles. The first-order valence-corrected chi connectivity index (χ1v) is 4.39. The lowest BCUT2D eigenvalue weighted by Crippen LogP contribution is -1.97. The van der Waals surface area contributed by atoms with Gasteiger partial charge < -0.3 is 9.84 Å². The topological polar surface area (TPSA) is 47.3 Å². The Hall–Kier alpha value is -0.870. The number of aromatic nitrogens is 2. The van der Waals surface area contributed by atoms with E-state index < -0.39 is 0 Å².